The van der Waals surface area contributed by atoms with E-state index in [2.05, 4.69) is 46.7 Å². The molecule has 2 fully saturated rings. The fraction of sp³-hybridized carbons (Fsp3) is 0.619. The van der Waals surface area contributed by atoms with Gasteiger partial charge in [0.25, 0.3) is 0 Å². The molecule has 1 aromatic carbocycles. The minimum Gasteiger partial charge on any atom is -0.379 e. The fourth-order valence-corrected chi connectivity index (χ4v) is 3.59. The first kappa shape index (κ1) is 23.9. The third-order valence-electron chi connectivity index (χ3n) is 5.12. The number of morpholine rings is 1. The minimum atomic E-state index is 0. The maximum atomic E-state index is 11.8. The number of aliphatic imine (C=N–C) groups is 1. The highest BCUT2D eigenvalue weighted by Gasteiger charge is 2.19. The summed E-state index contributed by atoms with van der Waals surface area (Å²) in [5.74, 6) is 1.11. The summed E-state index contributed by atoms with van der Waals surface area (Å²) in [6.07, 6.45) is 1.66. The number of carbonyl (C=O) groups excluding carboxylic acids is 1. The van der Waals surface area contributed by atoms with Gasteiger partial charge < -0.3 is 20.3 Å². The number of halogens is 1. The van der Waals surface area contributed by atoms with Gasteiger partial charge in [0.15, 0.2) is 5.96 Å². The average molecular weight is 515 g/mol. The van der Waals surface area contributed by atoms with Crippen LogP contribution in [0.25, 0.3) is 0 Å². The zero-order valence-electron chi connectivity index (χ0n) is 17.4. The van der Waals surface area contributed by atoms with Gasteiger partial charge in [-0.15, -0.1) is 24.0 Å². The number of nitrogens with one attached hydrogen (secondary N) is 2. The van der Waals surface area contributed by atoms with Crippen molar-refractivity contribution in [3.05, 3.63) is 35.4 Å². The number of guanidine groups is 1. The molecular formula is C21H34IN5O2. The Morgan fingerprint density at radius 3 is 2.69 bits per heavy atom. The molecule has 0 spiro atoms. The number of ether oxygens (including phenoxy) is 1. The predicted molar refractivity (Wildman–Crippen MR) is 127 cm³/mol. The SMILES string of the molecule is CCNC(=NCc1cccc(CN2CCCC2=O)c1)NCCN1CCOCC1.I. The van der Waals surface area contributed by atoms with Crippen LogP contribution in [0.2, 0.25) is 0 Å². The monoisotopic (exact) mass is 515 g/mol. The van der Waals surface area contributed by atoms with Crippen molar-refractivity contribution in [2.45, 2.75) is 32.9 Å². The summed E-state index contributed by atoms with van der Waals surface area (Å²) in [6.45, 7) is 10.6. The Kier molecular flexibility index (Phi) is 10.7. The van der Waals surface area contributed by atoms with Crippen molar-refractivity contribution in [1.29, 1.82) is 0 Å². The highest BCUT2D eigenvalue weighted by molar-refractivity contribution is 14.0. The van der Waals surface area contributed by atoms with Crippen molar-refractivity contribution in [1.82, 2.24) is 20.4 Å². The molecule has 0 aliphatic carbocycles. The van der Waals surface area contributed by atoms with Crippen LogP contribution in [-0.2, 0) is 22.6 Å². The number of nitrogens with zero attached hydrogens (tertiary/aromatic N) is 3. The van der Waals surface area contributed by atoms with Gasteiger partial charge in [-0.1, -0.05) is 24.3 Å². The Bertz CT molecular complexity index is 664. The summed E-state index contributed by atoms with van der Waals surface area (Å²) in [5.41, 5.74) is 2.34. The number of rotatable bonds is 8. The van der Waals surface area contributed by atoms with Crippen molar-refractivity contribution < 1.29 is 9.53 Å². The Morgan fingerprint density at radius 2 is 1.97 bits per heavy atom. The lowest BCUT2D eigenvalue weighted by Gasteiger charge is -2.26. The second-order valence-electron chi connectivity index (χ2n) is 7.31. The molecule has 0 radical (unpaired) electrons. The smallest absolute Gasteiger partial charge is 0.222 e. The molecule has 0 unspecified atom stereocenters. The predicted octanol–water partition coefficient (Wildman–Crippen LogP) is 1.81. The summed E-state index contributed by atoms with van der Waals surface area (Å²) in [6, 6.07) is 8.40. The summed E-state index contributed by atoms with van der Waals surface area (Å²) in [4.78, 5) is 20.9. The normalized spacial score (nSPS) is 17.9. The topological polar surface area (TPSA) is 69.2 Å². The second-order valence-corrected chi connectivity index (χ2v) is 7.31. The van der Waals surface area contributed by atoms with E-state index in [0.717, 1.165) is 70.4 Å². The molecule has 2 heterocycles. The first-order valence-corrected chi connectivity index (χ1v) is 10.4. The van der Waals surface area contributed by atoms with Crippen LogP contribution in [0.3, 0.4) is 0 Å². The lowest BCUT2D eigenvalue weighted by atomic mass is 10.1. The molecule has 3 rings (SSSR count). The third-order valence-corrected chi connectivity index (χ3v) is 5.12. The van der Waals surface area contributed by atoms with Crippen LogP contribution in [0, 0.1) is 0 Å². The van der Waals surface area contributed by atoms with Crippen LogP contribution in [0.1, 0.15) is 30.9 Å². The fourth-order valence-electron chi connectivity index (χ4n) is 3.59. The van der Waals surface area contributed by atoms with Gasteiger partial charge in [-0.3, -0.25) is 9.69 Å². The van der Waals surface area contributed by atoms with Gasteiger partial charge in [0, 0.05) is 52.2 Å². The molecule has 29 heavy (non-hydrogen) atoms. The second kappa shape index (κ2) is 13.0. The summed E-state index contributed by atoms with van der Waals surface area (Å²) in [5, 5.41) is 6.73. The van der Waals surface area contributed by atoms with Crippen LogP contribution in [0.5, 0.6) is 0 Å². The van der Waals surface area contributed by atoms with E-state index < -0.39 is 0 Å². The maximum absolute atomic E-state index is 11.8. The molecule has 1 aromatic rings. The molecule has 2 aliphatic heterocycles. The Labute approximate surface area is 191 Å². The molecule has 0 aromatic heterocycles. The van der Waals surface area contributed by atoms with Crippen LogP contribution in [0.4, 0.5) is 0 Å². The number of likely N-dealkylation sites (tertiary alicyclic amines) is 1. The van der Waals surface area contributed by atoms with E-state index in [9.17, 15) is 4.79 Å². The van der Waals surface area contributed by atoms with Crippen molar-refractivity contribution in [3.63, 3.8) is 0 Å². The maximum Gasteiger partial charge on any atom is 0.222 e. The summed E-state index contributed by atoms with van der Waals surface area (Å²) in [7, 11) is 0. The number of carbonyl (C=O) groups is 1. The zero-order valence-corrected chi connectivity index (χ0v) is 19.7. The number of hydrogen-bond acceptors (Lipinski definition) is 4. The van der Waals surface area contributed by atoms with Crippen molar-refractivity contribution in [3.8, 4) is 0 Å². The molecule has 2 saturated heterocycles. The molecule has 162 valence electrons. The zero-order chi connectivity index (χ0) is 19.6. The van der Waals surface area contributed by atoms with Crippen LogP contribution >= 0.6 is 24.0 Å². The van der Waals surface area contributed by atoms with E-state index in [-0.39, 0.29) is 29.9 Å². The van der Waals surface area contributed by atoms with E-state index in [1.807, 2.05) is 4.90 Å². The summed E-state index contributed by atoms with van der Waals surface area (Å²) < 4.78 is 5.39. The van der Waals surface area contributed by atoms with Gasteiger partial charge >= 0.3 is 0 Å². The lowest BCUT2D eigenvalue weighted by Crippen LogP contribution is -2.44. The molecular weight excluding hydrogens is 481 g/mol. The van der Waals surface area contributed by atoms with Crippen LogP contribution in [0.15, 0.2) is 29.3 Å². The molecule has 2 N–H and O–H groups in total. The van der Waals surface area contributed by atoms with Gasteiger partial charge in [-0.05, 0) is 24.5 Å². The highest BCUT2D eigenvalue weighted by atomic mass is 127. The summed E-state index contributed by atoms with van der Waals surface area (Å²) >= 11 is 0. The number of amides is 1. The first-order valence-electron chi connectivity index (χ1n) is 10.4. The van der Waals surface area contributed by atoms with Crippen molar-refractivity contribution in [2.24, 2.45) is 4.99 Å². The first-order chi connectivity index (χ1) is 13.7. The Morgan fingerprint density at radius 1 is 1.17 bits per heavy atom. The molecule has 0 atom stereocenters. The average Bonchev–Trinajstić information content (AvgIpc) is 3.12. The van der Waals surface area contributed by atoms with E-state index in [1.165, 1.54) is 5.56 Å². The molecule has 0 saturated carbocycles. The highest BCUT2D eigenvalue weighted by Crippen LogP contribution is 2.15. The Balaban J connectivity index is 0.00000300. The Hall–Kier alpha value is -1.39. The minimum absolute atomic E-state index is 0. The van der Waals surface area contributed by atoms with Crippen molar-refractivity contribution >= 4 is 35.8 Å². The van der Waals surface area contributed by atoms with E-state index in [0.29, 0.717) is 19.5 Å². The molecule has 8 heteroatoms. The van der Waals surface area contributed by atoms with Crippen LogP contribution < -0.4 is 10.6 Å². The van der Waals surface area contributed by atoms with Gasteiger partial charge in [-0.2, -0.15) is 0 Å². The van der Waals surface area contributed by atoms with Crippen LogP contribution in [-0.4, -0.2) is 74.1 Å². The van der Waals surface area contributed by atoms with Gasteiger partial charge in [0.1, 0.15) is 0 Å². The molecule has 0 bridgehead atoms. The standard InChI is InChI=1S/C21H33N5O2.HI/c1-2-22-21(23-8-10-25-11-13-28-14-12-25)24-16-18-5-3-6-19(15-18)17-26-9-4-7-20(26)27;/h3,5-6,15H,2,4,7-14,16-17H2,1H3,(H2,22,23,24);1H. The largest absolute Gasteiger partial charge is 0.379 e. The van der Waals surface area contributed by atoms with Gasteiger partial charge in [-0.25, -0.2) is 4.99 Å². The molecule has 2 aliphatic rings. The quantitative estimate of drug-likeness (QED) is 0.314. The third kappa shape index (κ3) is 8.10. The molecule has 7 nitrogen and oxygen atoms in total. The number of benzene rings is 1. The van der Waals surface area contributed by atoms with Crippen molar-refractivity contribution in [2.75, 3.05) is 52.5 Å². The van der Waals surface area contributed by atoms with Gasteiger partial charge in [0.2, 0.25) is 5.91 Å². The lowest BCUT2D eigenvalue weighted by molar-refractivity contribution is -0.128. The van der Waals surface area contributed by atoms with E-state index in [1.54, 1.807) is 0 Å². The number of hydrogen-bond donors (Lipinski definition) is 2. The van der Waals surface area contributed by atoms with Gasteiger partial charge in [0.05, 0.1) is 19.8 Å². The van der Waals surface area contributed by atoms with E-state index >= 15 is 0 Å². The van der Waals surface area contributed by atoms with E-state index in [4.69, 9.17) is 9.73 Å². The molecule has 1 amide bonds.